The average Bonchev–Trinajstić information content (AvgIpc) is 2.89. The second-order valence-corrected chi connectivity index (χ2v) is 5.20. The first kappa shape index (κ1) is 13.7. The summed E-state index contributed by atoms with van der Waals surface area (Å²) in [4.78, 5) is 12.3. The van der Waals surface area contributed by atoms with Gasteiger partial charge in [0.25, 0.3) is 5.91 Å². The molecule has 3 rings (SSSR count). The molecule has 0 aromatic heterocycles. The maximum absolute atomic E-state index is 13.7. The molecule has 0 bridgehead atoms. The number of carbonyl (C=O) groups is 1. The lowest BCUT2D eigenvalue weighted by Gasteiger charge is -2.10. The first-order valence-electron chi connectivity index (χ1n) is 6.01. The van der Waals surface area contributed by atoms with Crippen LogP contribution in [0, 0.1) is 5.82 Å². The molecule has 3 N–H and O–H groups in total. The Balaban J connectivity index is 1.93. The molecule has 0 atom stereocenters. The third-order valence-electron chi connectivity index (χ3n) is 2.99. The predicted molar refractivity (Wildman–Crippen MR) is 79.0 cm³/mol. The van der Waals surface area contributed by atoms with Gasteiger partial charge in [-0.1, -0.05) is 6.07 Å². The zero-order valence-electron chi connectivity index (χ0n) is 10.7. The Bertz CT molecular complexity index is 716. The Morgan fingerprint density at radius 1 is 1.29 bits per heavy atom. The van der Waals surface area contributed by atoms with Crippen molar-refractivity contribution in [2.45, 2.75) is 0 Å². The van der Waals surface area contributed by atoms with E-state index in [1.54, 1.807) is 6.07 Å². The topological polar surface area (TPSA) is 73.6 Å². The molecule has 1 aliphatic rings. The van der Waals surface area contributed by atoms with Crippen LogP contribution in [0.3, 0.4) is 0 Å². The van der Waals surface area contributed by atoms with Gasteiger partial charge in [-0.2, -0.15) is 0 Å². The van der Waals surface area contributed by atoms with Crippen LogP contribution in [0.2, 0.25) is 0 Å². The van der Waals surface area contributed by atoms with E-state index in [9.17, 15) is 9.18 Å². The van der Waals surface area contributed by atoms with Gasteiger partial charge in [-0.3, -0.25) is 4.79 Å². The van der Waals surface area contributed by atoms with Crippen LogP contribution in [0.4, 0.5) is 15.8 Å². The maximum Gasteiger partial charge on any atom is 0.258 e. The minimum absolute atomic E-state index is 0.0552. The van der Waals surface area contributed by atoms with Crippen LogP contribution in [-0.2, 0) is 0 Å². The van der Waals surface area contributed by atoms with E-state index in [0.29, 0.717) is 16.0 Å². The summed E-state index contributed by atoms with van der Waals surface area (Å²) < 4.78 is 24.5. The molecule has 0 radical (unpaired) electrons. The van der Waals surface area contributed by atoms with E-state index in [0.717, 1.165) is 0 Å². The molecule has 2 aromatic carbocycles. The van der Waals surface area contributed by atoms with Gasteiger partial charge in [0.2, 0.25) is 6.79 Å². The monoisotopic (exact) mass is 352 g/mol. The number of carbonyl (C=O) groups excluding carboxylic acids is 1. The van der Waals surface area contributed by atoms with Crippen molar-refractivity contribution in [2.75, 3.05) is 17.8 Å². The highest BCUT2D eigenvalue weighted by molar-refractivity contribution is 9.10. The van der Waals surface area contributed by atoms with Crippen LogP contribution < -0.4 is 20.5 Å². The number of amides is 1. The van der Waals surface area contributed by atoms with Gasteiger partial charge in [-0.25, -0.2) is 4.39 Å². The standard InChI is InChI=1S/C14H10BrFN2O3/c15-8-2-1-3-9(16)13(8)18-14(19)7-4-11-12(5-10(7)17)21-6-20-11/h1-5H,6,17H2,(H,18,19). The minimum Gasteiger partial charge on any atom is -0.454 e. The molecule has 7 heteroatoms. The predicted octanol–water partition coefficient (Wildman–Crippen LogP) is 3.15. The van der Waals surface area contributed by atoms with E-state index in [-0.39, 0.29) is 23.7 Å². The number of nitrogens with two attached hydrogens (primary N) is 1. The number of hydrogen-bond donors (Lipinski definition) is 2. The lowest BCUT2D eigenvalue weighted by molar-refractivity contribution is 0.102. The van der Waals surface area contributed by atoms with Crippen molar-refractivity contribution in [1.29, 1.82) is 0 Å². The zero-order valence-corrected chi connectivity index (χ0v) is 12.2. The second kappa shape index (κ2) is 5.25. The molecule has 0 unspecified atom stereocenters. The van der Waals surface area contributed by atoms with E-state index < -0.39 is 11.7 Å². The van der Waals surface area contributed by atoms with Crippen molar-refractivity contribution in [2.24, 2.45) is 0 Å². The number of ether oxygens (including phenoxy) is 2. The summed E-state index contributed by atoms with van der Waals surface area (Å²) >= 11 is 3.19. The molecular weight excluding hydrogens is 343 g/mol. The summed E-state index contributed by atoms with van der Waals surface area (Å²) in [6.45, 7) is 0.0821. The number of fused-ring (bicyclic) bond motifs is 1. The molecule has 0 fully saturated rings. The number of hydrogen-bond acceptors (Lipinski definition) is 4. The number of para-hydroxylation sites is 1. The molecule has 1 amide bonds. The molecule has 1 heterocycles. The largest absolute Gasteiger partial charge is 0.454 e. The van der Waals surface area contributed by atoms with Crippen molar-refractivity contribution >= 4 is 33.2 Å². The molecule has 0 aliphatic carbocycles. The number of rotatable bonds is 2. The zero-order chi connectivity index (χ0) is 15.0. The highest BCUT2D eigenvalue weighted by atomic mass is 79.9. The Labute approximate surface area is 128 Å². The van der Waals surface area contributed by atoms with Gasteiger partial charge in [-0.15, -0.1) is 0 Å². The minimum atomic E-state index is -0.544. The van der Waals surface area contributed by atoms with Crippen LogP contribution in [0.25, 0.3) is 0 Å². The Kier molecular flexibility index (Phi) is 3.42. The molecule has 0 saturated heterocycles. The van der Waals surface area contributed by atoms with Gasteiger partial charge in [0.1, 0.15) is 5.82 Å². The van der Waals surface area contributed by atoms with E-state index in [4.69, 9.17) is 15.2 Å². The Hall–Kier alpha value is -2.28. The Morgan fingerprint density at radius 2 is 2.00 bits per heavy atom. The molecule has 1 aliphatic heterocycles. The van der Waals surface area contributed by atoms with Crippen LogP contribution in [0.15, 0.2) is 34.8 Å². The average molecular weight is 353 g/mol. The highest BCUT2D eigenvalue weighted by Gasteiger charge is 2.21. The van der Waals surface area contributed by atoms with Crippen LogP contribution >= 0.6 is 15.9 Å². The quantitative estimate of drug-likeness (QED) is 0.814. The number of halogens is 2. The number of anilines is 2. The van der Waals surface area contributed by atoms with Crippen LogP contribution in [0.1, 0.15) is 10.4 Å². The Morgan fingerprint density at radius 3 is 2.71 bits per heavy atom. The summed E-state index contributed by atoms with van der Waals surface area (Å²) in [7, 11) is 0. The van der Waals surface area contributed by atoms with Gasteiger partial charge in [0.05, 0.1) is 11.3 Å². The fourth-order valence-electron chi connectivity index (χ4n) is 1.95. The molecular formula is C14H10BrFN2O3. The molecule has 21 heavy (non-hydrogen) atoms. The molecule has 0 saturated carbocycles. The van der Waals surface area contributed by atoms with E-state index in [2.05, 4.69) is 21.2 Å². The smallest absolute Gasteiger partial charge is 0.258 e. The van der Waals surface area contributed by atoms with E-state index in [1.165, 1.54) is 24.3 Å². The van der Waals surface area contributed by atoms with Gasteiger partial charge in [-0.05, 0) is 34.1 Å². The maximum atomic E-state index is 13.7. The molecule has 5 nitrogen and oxygen atoms in total. The third kappa shape index (κ3) is 2.52. The first-order valence-corrected chi connectivity index (χ1v) is 6.80. The van der Waals surface area contributed by atoms with Crippen LogP contribution in [0.5, 0.6) is 11.5 Å². The molecule has 0 spiro atoms. The fraction of sp³-hybridized carbons (Fsp3) is 0.0714. The second-order valence-electron chi connectivity index (χ2n) is 4.34. The van der Waals surface area contributed by atoms with Gasteiger partial charge in [0.15, 0.2) is 11.5 Å². The first-order chi connectivity index (χ1) is 10.1. The number of nitrogen functional groups attached to an aromatic ring is 1. The normalized spacial score (nSPS) is 12.3. The fourth-order valence-corrected chi connectivity index (χ4v) is 2.39. The third-order valence-corrected chi connectivity index (χ3v) is 3.65. The molecule has 108 valence electrons. The summed E-state index contributed by atoms with van der Waals surface area (Å²) in [6.07, 6.45) is 0. The summed E-state index contributed by atoms with van der Waals surface area (Å²) in [5.74, 6) is -0.160. The van der Waals surface area contributed by atoms with Crippen molar-refractivity contribution in [3.8, 4) is 11.5 Å². The number of benzene rings is 2. The number of nitrogens with one attached hydrogen (secondary N) is 1. The lowest BCUT2D eigenvalue weighted by atomic mass is 10.1. The van der Waals surface area contributed by atoms with Crippen molar-refractivity contribution < 1.29 is 18.7 Å². The van der Waals surface area contributed by atoms with E-state index in [1.807, 2.05) is 0 Å². The summed E-state index contributed by atoms with van der Waals surface area (Å²) in [5.41, 5.74) is 6.29. The lowest BCUT2D eigenvalue weighted by Crippen LogP contribution is -2.15. The van der Waals surface area contributed by atoms with E-state index >= 15 is 0 Å². The van der Waals surface area contributed by atoms with Crippen molar-refractivity contribution in [3.05, 3.63) is 46.2 Å². The SMILES string of the molecule is Nc1cc2c(cc1C(=O)Nc1c(F)cccc1Br)OCO2. The van der Waals surface area contributed by atoms with Crippen molar-refractivity contribution in [3.63, 3.8) is 0 Å². The van der Waals surface area contributed by atoms with Crippen molar-refractivity contribution in [1.82, 2.24) is 0 Å². The van der Waals surface area contributed by atoms with Gasteiger partial charge >= 0.3 is 0 Å². The van der Waals surface area contributed by atoms with Gasteiger partial charge < -0.3 is 20.5 Å². The molecule has 2 aromatic rings. The summed E-state index contributed by atoms with van der Waals surface area (Å²) in [5, 5.41) is 2.49. The van der Waals surface area contributed by atoms with Gasteiger partial charge in [0, 0.05) is 16.2 Å². The van der Waals surface area contributed by atoms with Crippen LogP contribution in [-0.4, -0.2) is 12.7 Å². The highest BCUT2D eigenvalue weighted by Crippen LogP contribution is 2.36. The summed E-state index contributed by atoms with van der Waals surface area (Å²) in [6, 6.07) is 7.39.